The van der Waals surface area contributed by atoms with Crippen molar-refractivity contribution in [3.8, 4) is 5.75 Å². The molecule has 32 heavy (non-hydrogen) atoms. The normalized spacial score (nSPS) is 20.0. The standard InChI is InChI=1S/C24H17BrN2O4S/c1-13-5-4-7-17(20(13)28)27-22(30)21(29)19(14-9-11-15(25)12-10-14)24(27)23(31)26-16-6-2-3-8-18(16)32-24/h2-12,28-29H,1H3,(H,26,31). The molecule has 0 bridgehead atoms. The number of carbonyl (C=O) groups excluding carboxylic acids is 2. The van der Waals surface area contributed by atoms with Gasteiger partial charge < -0.3 is 15.5 Å². The first kappa shape index (κ1) is 20.7. The predicted octanol–water partition coefficient (Wildman–Crippen LogP) is 5.22. The number of amides is 2. The average molecular weight is 509 g/mol. The molecule has 8 heteroatoms. The maximum absolute atomic E-state index is 13.7. The number of hydrogen-bond acceptors (Lipinski definition) is 5. The number of fused-ring (bicyclic) bond motifs is 1. The van der Waals surface area contributed by atoms with Crippen molar-refractivity contribution >= 4 is 56.5 Å². The molecule has 0 saturated carbocycles. The van der Waals surface area contributed by atoms with E-state index in [-0.39, 0.29) is 17.0 Å². The number of aliphatic hydroxyl groups is 1. The van der Waals surface area contributed by atoms with Gasteiger partial charge in [0.1, 0.15) is 5.75 Å². The van der Waals surface area contributed by atoms with Crippen LogP contribution in [0.1, 0.15) is 11.1 Å². The molecule has 160 valence electrons. The number of nitrogens with one attached hydrogen (secondary N) is 1. The van der Waals surface area contributed by atoms with Crippen LogP contribution >= 0.6 is 27.7 Å². The van der Waals surface area contributed by atoms with E-state index in [1.54, 1.807) is 55.5 Å². The summed E-state index contributed by atoms with van der Waals surface area (Å²) in [5.41, 5.74) is 2.01. The van der Waals surface area contributed by atoms with Gasteiger partial charge in [0.2, 0.25) is 4.87 Å². The molecule has 3 aromatic carbocycles. The molecule has 1 atom stereocenters. The Labute approximate surface area is 196 Å². The van der Waals surface area contributed by atoms with Crippen molar-refractivity contribution in [2.24, 2.45) is 0 Å². The van der Waals surface area contributed by atoms with E-state index in [2.05, 4.69) is 21.2 Å². The van der Waals surface area contributed by atoms with Crippen LogP contribution in [0.3, 0.4) is 0 Å². The minimum atomic E-state index is -1.66. The SMILES string of the molecule is Cc1cccc(N2C(=O)C(O)=C(c3ccc(Br)cc3)C23Sc2ccccc2NC3=O)c1O. The quantitative estimate of drug-likeness (QED) is 0.441. The average Bonchev–Trinajstić information content (AvgIpc) is 2.99. The summed E-state index contributed by atoms with van der Waals surface area (Å²) in [5.74, 6) is -1.91. The summed E-state index contributed by atoms with van der Waals surface area (Å²) in [6, 6.07) is 19.3. The summed E-state index contributed by atoms with van der Waals surface area (Å²) in [4.78, 5) is 27.5. The smallest absolute Gasteiger partial charge is 0.295 e. The third kappa shape index (κ3) is 2.87. The molecule has 0 aromatic heterocycles. The van der Waals surface area contributed by atoms with Crippen LogP contribution < -0.4 is 10.2 Å². The van der Waals surface area contributed by atoms with E-state index >= 15 is 0 Å². The number of nitrogens with zero attached hydrogens (tertiary/aromatic N) is 1. The van der Waals surface area contributed by atoms with Crippen molar-refractivity contribution in [2.75, 3.05) is 10.2 Å². The van der Waals surface area contributed by atoms with Gasteiger partial charge in [-0.1, -0.05) is 64.1 Å². The predicted molar refractivity (Wildman–Crippen MR) is 128 cm³/mol. The Hall–Kier alpha value is -3.23. The molecule has 2 aliphatic heterocycles. The zero-order valence-electron chi connectivity index (χ0n) is 16.8. The third-order valence-electron chi connectivity index (χ3n) is 5.59. The summed E-state index contributed by atoms with van der Waals surface area (Å²) < 4.78 is 0.819. The Bertz CT molecular complexity index is 1320. The highest BCUT2D eigenvalue weighted by atomic mass is 79.9. The summed E-state index contributed by atoms with van der Waals surface area (Å²) in [6.45, 7) is 1.71. The highest BCUT2D eigenvalue weighted by Crippen LogP contribution is 2.57. The van der Waals surface area contributed by atoms with E-state index in [0.29, 0.717) is 16.8 Å². The van der Waals surface area contributed by atoms with Crippen LogP contribution in [-0.2, 0) is 9.59 Å². The number of benzene rings is 3. The van der Waals surface area contributed by atoms with E-state index in [9.17, 15) is 19.8 Å². The molecular weight excluding hydrogens is 492 g/mol. The second-order valence-corrected chi connectivity index (χ2v) is 9.66. The largest absolute Gasteiger partial charge is 0.505 e. The molecule has 3 aromatic rings. The molecular formula is C24H17BrN2O4S. The zero-order valence-corrected chi connectivity index (χ0v) is 19.2. The van der Waals surface area contributed by atoms with E-state index < -0.39 is 22.4 Å². The van der Waals surface area contributed by atoms with Crippen molar-refractivity contribution in [3.05, 3.63) is 88.1 Å². The molecule has 2 aliphatic rings. The lowest BCUT2D eigenvalue weighted by Crippen LogP contribution is -2.55. The van der Waals surface area contributed by atoms with Crippen LogP contribution in [0.5, 0.6) is 5.75 Å². The molecule has 0 fully saturated rings. The molecule has 0 radical (unpaired) electrons. The van der Waals surface area contributed by atoms with Crippen molar-refractivity contribution < 1.29 is 19.8 Å². The van der Waals surface area contributed by atoms with E-state index in [4.69, 9.17) is 0 Å². The first-order valence-electron chi connectivity index (χ1n) is 9.77. The maximum atomic E-state index is 13.7. The van der Waals surface area contributed by atoms with Gasteiger partial charge in [-0.2, -0.15) is 0 Å². The molecule has 2 amide bonds. The lowest BCUT2D eigenvalue weighted by atomic mass is 9.97. The van der Waals surface area contributed by atoms with Crippen molar-refractivity contribution in [3.63, 3.8) is 0 Å². The fourth-order valence-electron chi connectivity index (χ4n) is 4.06. The molecule has 5 rings (SSSR count). The van der Waals surface area contributed by atoms with Gasteiger partial charge in [0.15, 0.2) is 5.76 Å². The molecule has 0 saturated heterocycles. The van der Waals surface area contributed by atoms with Crippen LogP contribution in [0.25, 0.3) is 5.57 Å². The lowest BCUT2D eigenvalue weighted by Gasteiger charge is -2.41. The first-order valence-corrected chi connectivity index (χ1v) is 11.4. The van der Waals surface area contributed by atoms with Crippen LogP contribution in [0.15, 0.2) is 81.9 Å². The number of thioether (sulfide) groups is 1. The van der Waals surface area contributed by atoms with Gasteiger partial charge in [-0.25, -0.2) is 0 Å². The molecule has 2 heterocycles. The minimum absolute atomic E-state index is 0.127. The Balaban J connectivity index is 1.81. The Morgan fingerprint density at radius 3 is 2.44 bits per heavy atom. The minimum Gasteiger partial charge on any atom is -0.505 e. The van der Waals surface area contributed by atoms with Gasteiger partial charge in [0.25, 0.3) is 11.8 Å². The highest BCUT2D eigenvalue weighted by molar-refractivity contribution is 9.10. The number of para-hydroxylation sites is 2. The second kappa shape index (κ2) is 7.43. The van der Waals surface area contributed by atoms with Crippen molar-refractivity contribution in [1.82, 2.24) is 0 Å². The van der Waals surface area contributed by atoms with E-state index in [0.717, 1.165) is 21.1 Å². The Kier molecular flexibility index (Phi) is 4.79. The van der Waals surface area contributed by atoms with Gasteiger partial charge in [-0.15, -0.1) is 0 Å². The molecule has 6 nitrogen and oxygen atoms in total. The maximum Gasteiger partial charge on any atom is 0.295 e. The number of phenols is 1. The van der Waals surface area contributed by atoms with Gasteiger partial charge in [0.05, 0.1) is 16.9 Å². The number of anilines is 2. The first-order chi connectivity index (χ1) is 15.3. The number of hydrogen-bond donors (Lipinski definition) is 3. The van der Waals surface area contributed by atoms with Gasteiger partial charge in [-0.3, -0.25) is 14.5 Å². The van der Waals surface area contributed by atoms with Crippen LogP contribution in [-0.4, -0.2) is 26.9 Å². The Morgan fingerprint density at radius 1 is 0.969 bits per heavy atom. The fourth-order valence-corrected chi connectivity index (χ4v) is 5.75. The lowest BCUT2D eigenvalue weighted by molar-refractivity contribution is -0.121. The number of aromatic hydroxyl groups is 1. The monoisotopic (exact) mass is 508 g/mol. The summed E-state index contributed by atoms with van der Waals surface area (Å²) in [7, 11) is 0. The van der Waals surface area contributed by atoms with E-state index in [1.165, 1.54) is 4.90 Å². The highest BCUT2D eigenvalue weighted by Gasteiger charge is 2.61. The van der Waals surface area contributed by atoms with Crippen LogP contribution in [0, 0.1) is 6.92 Å². The van der Waals surface area contributed by atoms with Crippen molar-refractivity contribution in [2.45, 2.75) is 16.7 Å². The van der Waals surface area contributed by atoms with Gasteiger partial charge in [0, 0.05) is 9.37 Å². The third-order valence-corrected chi connectivity index (χ3v) is 7.56. The summed E-state index contributed by atoms with van der Waals surface area (Å²) in [5, 5.41) is 24.8. The van der Waals surface area contributed by atoms with Gasteiger partial charge >= 0.3 is 0 Å². The van der Waals surface area contributed by atoms with Crippen molar-refractivity contribution in [1.29, 1.82) is 0 Å². The van der Waals surface area contributed by atoms with Crippen LogP contribution in [0.4, 0.5) is 11.4 Å². The van der Waals surface area contributed by atoms with Crippen LogP contribution in [0.2, 0.25) is 0 Å². The summed E-state index contributed by atoms with van der Waals surface area (Å²) in [6.07, 6.45) is 0. The molecule has 1 unspecified atom stereocenters. The topological polar surface area (TPSA) is 89.9 Å². The number of carbonyl (C=O) groups is 2. The molecule has 3 N–H and O–H groups in total. The molecule has 1 spiro atoms. The fraction of sp³-hybridized carbons (Fsp3) is 0.0833. The molecule has 0 aliphatic carbocycles. The van der Waals surface area contributed by atoms with E-state index in [1.807, 2.05) is 18.2 Å². The Morgan fingerprint density at radius 2 is 1.69 bits per heavy atom. The zero-order chi connectivity index (χ0) is 22.6. The number of rotatable bonds is 2. The number of aryl methyl sites for hydroxylation is 1. The number of aliphatic hydroxyl groups excluding tert-OH is 1. The number of phenolic OH excluding ortho intramolecular Hbond substituents is 1. The van der Waals surface area contributed by atoms with Gasteiger partial charge in [-0.05, 0) is 48.4 Å². The summed E-state index contributed by atoms with van der Waals surface area (Å²) >= 11 is 4.55. The second-order valence-electron chi connectivity index (χ2n) is 7.51. The number of halogens is 1.